The van der Waals surface area contributed by atoms with Crippen LogP contribution in [0.3, 0.4) is 0 Å². The van der Waals surface area contributed by atoms with Gasteiger partial charge >= 0.3 is 6.03 Å². The Balaban J connectivity index is 1.88. The van der Waals surface area contributed by atoms with E-state index < -0.39 is 0 Å². The highest BCUT2D eigenvalue weighted by Gasteiger charge is 2.46. The Kier molecular flexibility index (Phi) is 1.87. The van der Waals surface area contributed by atoms with Crippen LogP contribution in [0.15, 0.2) is 24.3 Å². The highest BCUT2D eigenvalue weighted by Crippen LogP contribution is 2.38. The summed E-state index contributed by atoms with van der Waals surface area (Å²) in [5, 5.41) is 12.4. The maximum Gasteiger partial charge on any atom is 0.322 e. The number of nitrogens with one attached hydrogen (secondary N) is 1. The Morgan fingerprint density at radius 3 is 2.75 bits per heavy atom. The first-order valence-corrected chi connectivity index (χ1v) is 5.57. The van der Waals surface area contributed by atoms with E-state index >= 15 is 0 Å². The van der Waals surface area contributed by atoms with Crippen molar-refractivity contribution in [3.63, 3.8) is 0 Å². The molecule has 4 heteroatoms. The van der Waals surface area contributed by atoms with E-state index in [0.717, 1.165) is 25.1 Å². The lowest BCUT2D eigenvalue weighted by Crippen LogP contribution is -2.49. The molecule has 2 fully saturated rings. The zero-order chi connectivity index (χ0) is 11.2. The van der Waals surface area contributed by atoms with Gasteiger partial charge in [0.15, 0.2) is 0 Å². The number of phenols is 1. The lowest BCUT2D eigenvalue weighted by molar-refractivity contribution is 0.218. The third-order valence-corrected chi connectivity index (χ3v) is 3.53. The smallest absolute Gasteiger partial charge is 0.322 e. The average molecular weight is 218 g/mol. The predicted molar refractivity (Wildman–Crippen MR) is 60.6 cm³/mol. The Labute approximate surface area is 93.9 Å². The van der Waals surface area contributed by atoms with Crippen molar-refractivity contribution in [3.8, 4) is 5.75 Å². The molecule has 1 saturated heterocycles. The van der Waals surface area contributed by atoms with Crippen LogP contribution in [0.5, 0.6) is 5.75 Å². The number of carbonyl (C=O) groups is 1. The van der Waals surface area contributed by atoms with Gasteiger partial charge in [-0.15, -0.1) is 0 Å². The van der Waals surface area contributed by atoms with E-state index in [1.165, 1.54) is 6.42 Å². The lowest BCUT2D eigenvalue weighted by Gasteiger charge is -2.37. The first-order chi connectivity index (χ1) is 7.69. The number of carbonyl (C=O) groups excluding carboxylic acids is 1. The second-order valence-electron chi connectivity index (χ2n) is 4.67. The van der Waals surface area contributed by atoms with Gasteiger partial charge in [0.1, 0.15) is 5.75 Å². The van der Waals surface area contributed by atoms with Gasteiger partial charge in [-0.2, -0.15) is 0 Å². The molecule has 1 heterocycles. The molecule has 0 atom stereocenters. The van der Waals surface area contributed by atoms with Gasteiger partial charge in [0.05, 0.1) is 12.1 Å². The van der Waals surface area contributed by atoms with Gasteiger partial charge in [-0.25, -0.2) is 4.79 Å². The number of benzene rings is 1. The molecule has 1 aromatic rings. The van der Waals surface area contributed by atoms with Crippen LogP contribution in [0.1, 0.15) is 19.3 Å². The molecule has 2 aliphatic rings. The summed E-state index contributed by atoms with van der Waals surface area (Å²) in [5.74, 6) is 0.194. The molecule has 0 radical (unpaired) electrons. The predicted octanol–water partition coefficient (Wildman–Crippen LogP) is 1.84. The van der Waals surface area contributed by atoms with Crippen molar-refractivity contribution in [2.45, 2.75) is 24.8 Å². The minimum Gasteiger partial charge on any atom is -0.508 e. The molecule has 3 rings (SSSR count). The molecular formula is C12H14N2O2. The first kappa shape index (κ1) is 9.51. The molecule has 2 N–H and O–H groups in total. The lowest BCUT2D eigenvalue weighted by atomic mass is 9.77. The molecule has 0 aromatic heterocycles. The third kappa shape index (κ3) is 1.33. The molecule has 2 amide bonds. The number of nitrogens with zero attached hydrogens (tertiary/aromatic N) is 1. The standard InChI is InChI=1S/C12H14N2O2/c15-10-4-1-3-9(7-10)14-8-12(5-2-6-12)13-11(14)16/h1,3-4,7,15H,2,5-6,8H2,(H,13,16). The molecule has 1 aromatic carbocycles. The summed E-state index contributed by atoms with van der Waals surface area (Å²) < 4.78 is 0. The number of aromatic hydroxyl groups is 1. The maximum atomic E-state index is 11.8. The summed E-state index contributed by atoms with van der Waals surface area (Å²) in [4.78, 5) is 13.5. The molecule has 4 nitrogen and oxygen atoms in total. The molecule has 1 aliphatic carbocycles. The van der Waals surface area contributed by atoms with E-state index in [1.54, 1.807) is 23.1 Å². The van der Waals surface area contributed by atoms with Gasteiger partial charge in [0, 0.05) is 11.8 Å². The maximum absolute atomic E-state index is 11.8. The highest BCUT2D eigenvalue weighted by molar-refractivity contribution is 5.95. The normalized spacial score (nSPS) is 22.0. The van der Waals surface area contributed by atoms with E-state index in [4.69, 9.17) is 0 Å². The van der Waals surface area contributed by atoms with Crippen LogP contribution in [0.2, 0.25) is 0 Å². The quantitative estimate of drug-likeness (QED) is 0.755. The number of urea groups is 1. The van der Waals surface area contributed by atoms with E-state index in [1.807, 2.05) is 6.07 Å². The van der Waals surface area contributed by atoms with Gasteiger partial charge < -0.3 is 10.4 Å². The SMILES string of the molecule is O=C1NC2(CCC2)CN1c1cccc(O)c1. The fourth-order valence-electron chi connectivity index (χ4n) is 2.46. The molecule has 1 spiro atoms. The van der Waals surface area contributed by atoms with Crippen molar-refractivity contribution in [2.75, 3.05) is 11.4 Å². The molecular weight excluding hydrogens is 204 g/mol. The summed E-state index contributed by atoms with van der Waals surface area (Å²) in [6.45, 7) is 0.718. The molecule has 1 aliphatic heterocycles. The summed E-state index contributed by atoms with van der Waals surface area (Å²) in [6.07, 6.45) is 3.32. The number of anilines is 1. The monoisotopic (exact) mass is 218 g/mol. The van der Waals surface area contributed by atoms with Gasteiger partial charge in [-0.3, -0.25) is 4.90 Å². The van der Waals surface area contributed by atoms with Crippen molar-refractivity contribution in [3.05, 3.63) is 24.3 Å². The zero-order valence-electron chi connectivity index (χ0n) is 8.94. The Morgan fingerprint density at radius 1 is 1.38 bits per heavy atom. The van der Waals surface area contributed by atoms with Crippen molar-refractivity contribution < 1.29 is 9.90 Å². The van der Waals surface area contributed by atoms with E-state index in [9.17, 15) is 9.90 Å². The van der Waals surface area contributed by atoms with Crippen LogP contribution >= 0.6 is 0 Å². The second-order valence-corrected chi connectivity index (χ2v) is 4.67. The number of hydrogen-bond acceptors (Lipinski definition) is 2. The third-order valence-electron chi connectivity index (χ3n) is 3.53. The van der Waals surface area contributed by atoms with Crippen LogP contribution in [0, 0.1) is 0 Å². The van der Waals surface area contributed by atoms with Gasteiger partial charge in [0.2, 0.25) is 0 Å². The molecule has 0 unspecified atom stereocenters. The zero-order valence-corrected chi connectivity index (χ0v) is 8.94. The van der Waals surface area contributed by atoms with Crippen LogP contribution < -0.4 is 10.2 Å². The fraction of sp³-hybridized carbons (Fsp3) is 0.417. The number of rotatable bonds is 1. The van der Waals surface area contributed by atoms with Crippen LogP contribution in [-0.2, 0) is 0 Å². The number of hydrogen-bond donors (Lipinski definition) is 2. The van der Waals surface area contributed by atoms with Gasteiger partial charge in [-0.05, 0) is 31.4 Å². The van der Waals surface area contributed by atoms with Crippen LogP contribution in [-0.4, -0.2) is 23.2 Å². The van der Waals surface area contributed by atoms with E-state index in [2.05, 4.69) is 5.32 Å². The van der Waals surface area contributed by atoms with Crippen LogP contribution in [0.4, 0.5) is 10.5 Å². The molecule has 1 saturated carbocycles. The fourth-order valence-corrected chi connectivity index (χ4v) is 2.46. The van der Waals surface area contributed by atoms with Gasteiger partial charge in [-0.1, -0.05) is 6.07 Å². The van der Waals surface area contributed by atoms with Crippen LogP contribution in [0.25, 0.3) is 0 Å². The van der Waals surface area contributed by atoms with Crippen molar-refractivity contribution in [2.24, 2.45) is 0 Å². The summed E-state index contributed by atoms with van der Waals surface area (Å²) in [5.41, 5.74) is 0.768. The van der Waals surface area contributed by atoms with Gasteiger partial charge in [0.25, 0.3) is 0 Å². The van der Waals surface area contributed by atoms with Crippen molar-refractivity contribution in [1.82, 2.24) is 5.32 Å². The molecule has 16 heavy (non-hydrogen) atoms. The topological polar surface area (TPSA) is 52.6 Å². The Hall–Kier alpha value is -1.71. The van der Waals surface area contributed by atoms with E-state index in [0.29, 0.717) is 0 Å². The summed E-state index contributed by atoms with van der Waals surface area (Å²) >= 11 is 0. The number of amides is 2. The largest absolute Gasteiger partial charge is 0.508 e. The minimum absolute atomic E-state index is 0.00252. The minimum atomic E-state index is -0.0506. The average Bonchev–Trinajstić information content (AvgIpc) is 2.56. The van der Waals surface area contributed by atoms with Crippen molar-refractivity contribution >= 4 is 11.7 Å². The molecule has 84 valence electrons. The number of phenolic OH excluding ortho intramolecular Hbond substituents is 1. The van der Waals surface area contributed by atoms with E-state index in [-0.39, 0.29) is 17.3 Å². The highest BCUT2D eigenvalue weighted by atomic mass is 16.3. The summed E-state index contributed by atoms with van der Waals surface area (Å²) in [6, 6.07) is 6.78. The van der Waals surface area contributed by atoms with Crippen molar-refractivity contribution in [1.29, 1.82) is 0 Å². The summed E-state index contributed by atoms with van der Waals surface area (Å²) in [7, 11) is 0. The molecule has 0 bridgehead atoms. The first-order valence-electron chi connectivity index (χ1n) is 5.57. The Morgan fingerprint density at radius 2 is 2.19 bits per heavy atom. The second kappa shape index (κ2) is 3.14. The Bertz CT molecular complexity index is 440.